The monoisotopic (exact) mass is 439 g/mol. The minimum absolute atomic E-state index is 0.0213. The third-order valence-electron chi connectivity index (χ3n) is 5.40. The predicted octanol–water partition coefficient (Wildman–Crippen LogP) is 4.76. The summed E-state index contributed by atoms with van der Waals surface area (Å²) in [7, 11) is 1.94. The standard InChI is InChI=1S/C26H29N7/c1-18(16-20-8-7-11-22(17-20)19(2)27)30-26-29-15-13-24(32-26)33(3)23-12-14-28-25(31-23)21-9-5-4-6-10-21/h4-15,17-19H,16,27H2,1-3H3,(H,29,30,32)/t18-,19-/m0/s1. The lowest BCUT2D eigenvalue weighted by atomic mass is 10.0. The van der Waals surface area contributed by atoms with Gasteiger partial charge in [-0.1, -0.05) is 54.6 Å². The minimum atomic E-state index is 0.0213. The summed E-state index contributed by atoms with van der Waals surface area (Å²) >= 11 is 0. The number of hydrogen-bond donors (Lipinski definition) is 2. The zero-order chi connectivity index (χ0) is 23.2. The molecule has 7 nitrogen and oxygen atoms in total. The summed E-state index contributed by atoms with van der Waals surface area (Å²) in [6.45, 7) is 4.12. The smallest absolute Gasteiger partial charge is 0.224 e. The van der Waals surface area contributed by atoms with Crippen molar-refractivity contribution in [2.75, 3.05) is 17.3 Å². The van der Waals surface area contributed by atoms with Crippen LogP contribution in [0, 0.1) is 0 Å². The molecule has 3 N–H and O–H groups in total. The van der Waals surface area contributed by atoms with Crippen molar-refractivity contribution in [2.45, 2.75) is 32.4 Å². The maximum Gasteiger partial charge on any atom is 0.224 e. The van der Waals surface area contributed by atoms with Crippen LogP contribution in [0.25, 0.3) is 11.4 Å². The van der Waals surface area contributed by atoms with Crippen molar-refractivity contribution >= 4 is 17.6 Å². The first kappa shape index (κ1) is 22.4. The van der Waals surface area contributed by atoms with E-state index in [4.69, 9.17) is 15.7 Å². The lowest BCUT2D eigenvalue weighted by molar-refractivity contribution is 0.768. The first-order chi connectivity index (χ1) is 16.0. The zero-order valence-corrected chi connectivity index (χ0v) is 19.2. The fourth-order valence-corrected chi connectivity index (χ4v) is 3.61. The highest BCUT2D eigenvalue weighted by atomic mass is 15.3. The molecular formula is C26H29N7. The van der Waals surface area contributed by atoms with E-state index in [1.165, 1.54) is 5.56 Å². The number of nitrogens with one attached hydrogen (secondary N) is 1. The topological polar surface area (TPSA) is 92.8 Å². The Morgan fingerprint density at radius 2 is 1.61 bits per heavy atom. The molecular weight excluding hydrogens is 410 g/mol. The molecule has 2 atom stereocenters. The third kappa shape index (κ3) is 5.70. The van der Waals surface area contributed by atoms with Gasteiger partial charge in [-0.3, -0.25) is 0 Å². The van der Waals surface area contributed by atoms with Gasteiger partial charge in [-0.25, -0.2) is 15.0 Å². The molecule has 2 heterocycles. The third-order valence-corrected chi connectivity index (χ3v) is 5.40. The second kappa shape index (κ2) is 10.2. The first-order valence-corrected chi connectivity index (χ1v) is 11.1. The van der Waals surface area contributed by atoms with E-state index in [9.17, 15) is 0 Å². The average Bonchev–Trinajstić information content (AvgIpc) is 2.84. The summed E-state index contributed by atoms with van der Waals surface area (Å²) in [6.07, 6.45) is 4.36. The molecule has 0 amide bonds. The minimum Gasteiger partial charge on any atom is -0.351 e. The van der Waals surface area contributed by atoms with Crippen LogP contribution in [0.2, 0.25) is 0 Å². The van der Waals surface area contributed by atoms with Crippen molar-refractivity contribution in [3.05, 3.63) is 90.3 Å². The Balaban J connectivity index is 1.47. The van der Waals surface area contributed by atoms with E-state index in [2.05, 4.69) is 46.5 Å². The van der Waals surface area contributed by atoms with E-state index in [0.717, 1.165) is 29.2 Å². The van der Waals surface area contributed by atoms with Crippen molar-refractivity contribution in [1.82, 2.24) is 19.9 Å². The molecule has 0 aliphatic carbocycles. The van der Waals surface area contributed by atoms with Crippen LogP contribution in [0.4, 0.5) is 17.6 Å². The fraction of sp³-hybridized carbons (Fsp3) is 0.231. The van der Waals surface area contributed by atoms with Gasteiger partial charge in [-0.15, -0.1) is 0 Å². The van der Waals surface area contributed by atoms with Gasteiger partial charge in [0, 0.05) is 37.1 Å². The molecule has 0 fully saturated rings. The Kier molecular flexibility index (Phi) is 6.90. The molecule has 33 heavy (non-hydrogen) atoms. The van der Waals surface area contributed by atoms with Crippen LogP contribution >= 0.6 is 0 Å². The van der Waals surface area contributed by atoms with Crippen LogP contribution in [-0.2, 0) is 6.42 Å². The van der Waals surface area contributed by atoms with Gasteiger partial charge in [0.2, 0.25) is 5.95 Å². The van der Waals surface area contributed by atoms with Crippen LogP contribution in [-0.4, -0.2) is 33.0 Å². The van der Waals surface area contributed by atoms with E-state index in [1.54, 1.807) is 12.4 Å². The highest BCUT2D eigenvalue weighted by Crippen LogP contribution is 2.23. The van der Waals surface area contributed by atoms with Crippen LogP contribution < -0.4 is 16.0 Å². The molecule has 2 aromatic heterocycles. The summed E-state index contributed by atoms with van der Waals surface area (Å²) in [5.41, 5.74) is 9.36. The molecule has 4 aromatic rings. The Hall–Kier alpha value is -3.84. The number of rotatable bonds is 8. The van der Waals surface area contributed by atoms with Gasteiger partial charge >= 0.3 is 0 Å². The summed E-state index contributed by atoms with van der Waals surface area (Å²) in [4.78, 5) is 20.2. The molecule has 0 saturated heterocycles. The molecule has 0 aliphatic heterocycles. The first-order valence-electron chi connectivity index (χ1n) is 11.1. The number of benzene rings is 2. The van der Waals surface area contributed by atoms with Crippen molar-refractivity contribution in [1.29, 1.82) is 0 Å². The Morgan fingerprint density at radius 1 is 0.879 bits per heavy atom. The average molecular weight is 440 g/mol. The number of anilines is 3. The molecule has 0 spiro atoms. The van der Waals surface area contributed by atoms with Gasteiger partial charge in [-0.2, -0.15) is 4.98 Å². The van der Waals surface area contributed by atoms with Crippen LogP contribution in [0.3, 0.4) is 0 Å². The largest absolute Gasteiger partial charge is 0.351 e. The number of nitrogens with two attached hydrogens (primary N) is 1. The number of aromatic nitrogens is 4. The normalized spacial score (nSPS) is 12.7. The second-order valence-electron chi connectivity index (χ2n) is 8.19. The lowest BCUT2D eigenvalue weighted by Gasteiger charge is -2.19. The fourth-order valence-electron chi connectivity index (χ4n) is 3.61. The summed E-state index contributed by atoms with van der Waals surface area (Å²) in [5, 5.41) is 3.41. The van der Waals surface area contributed by atoms with Crippen LogP contribution in [0.5, 0.6) is 0 Å². The van der Waals surface area contributed by atoms with E-state index in [0.29, 0.717) is 11.8 Å². The second-order valence-corrected chi connectivity index (χ2v) is 8.19. The summed E-state index contributed by atoms with van der Waals surface area (Å²) < 4.78 is 0. The quantitative estimate of drug-likeness (QED) is 0.409. The molecule has 7 heteroatoms. The highest BCUT2D eigenvalue weighted by Gasteiger charge is 2.12. The van der Waals surface area contributed by atoms with Gasteiger partial charge in [0.1, 0.15) is 11.6 Å². The highest BCUT2D eigenvalue weighted by molar-refractivity contribution is 5.61. The van der Waals surface area contributed by atoms with E-state index < -0.39 is 0 Å². The maximum absolute atomic E-state index is 6.02. The SMILES string of the molecule is C[C@H](N)c1cccc(C[C@H](C)Nc2nccc(N(C)c3ccnc(-c4ccccc4)n3)n2)c1. The van der Waals surface area contributed by atoms with E-state index >= 15 is 0 Å². The van der Waals surface area contributed by atoms with Crippen molar-refractivity contribution in [3.8, 4) is 11.4 Å². The molecule has 0 radical (unpaired) electrons. The van der Waals surface area contributed by atoms with Crippen LogP contribution in [0.15, 0.2) is 79.1 Å². The molecule has 168 valence electrons. The Bertz CT molecular complexity index is 1190. The zero-order valence-electron chi connectivity index (χ0n) is 19.2. The number of hydrogen-bond acceptors (Lipinski definition) is 7. The van der Waals surface area contributed by atoms with Gasteiger partial charge in [0.05, 0.1) is 0 Å². The molecule has 0 saturated carbocycles. The van der Waals surface area contributed by atoms with Crippen molar-refractivity contribution in [3.63, 3.8) is 0 Å². The van der Waals surface area contributed by atoms with Gasteiger partial charge in [0.25, 0.3) is 0 Å². The van der Waals surface area contributed by atoms with Gasteiger partial charge in [-0.05, 0) is 43.5 Å². The Labute approximate surface area is 194 Å². The van der Waals surface area contributed by atoms with E-state index in [1.807, 2.05) is 61.3 Å². The van der Waals surface area contributed by atoms with Gasteiger partial charge in [0.15, 0.2) is 5.82 Å². The summed E-state index contributed by atoms with van der Waals surface area (Å²) in [5.74, 6) is 2.76. The molecule has 0 bridgehead atoms. The summed E-state index contributed by atoms with van der Waals surface area (Å²) in [6, 6.07) is 22.2. The molecule has 0 aliphatic rings. The van der Waals surface area contributed by atoms with Crippen molar-refractivity contribution < 1.29 is 0 Å². The predicted molar refractivity (Wildman–Crippen MR) is 133 cm³/mol. The van der Waals surface area contributed by atoms with Gasteiger partial charge < -0.3 is 16.0 Å². The molecule has 0 unspecified atom stereocenters. The Morgan fingerprint density at radius 3 is 2.36 bits per heavy atom. The number of nitrogens with zero attached hydrogens (tertiary/aromatic N) is 5. The molecule has 2 aromatic carbocycles. The van der Waals surface area contributed by atoms with E-state index in [-0.39, 0.29) is 12.1 Å². The lowest BCUT2D eigenvalue weighted by Crippen LogP contribution is -2.21. The maximum atomic E-state index is 6.02. The molecule has 4 rings (SSSR count). The van der Waals surface area contributed by atoms with Crippen molar-refractivity contribution in [2.24, 2.45) is 5.73 Å². The van der Waals surface area contributed by atoms with Crippen LogP contribution in [0.1, 0.15) is 31.0 Å².